The molecule has 0 bridgehead atoms. The van der Waals surface area contributed by atoms with Crippen LogP contribution in [0.4, 0.5) is 0 Å². The Kier molecular flexibility index (Phi) is 22.7. The average Bonchev–Trinajstić information content (AvgIpc) is 2.78. The Morgan fingerprint density at radius 1 is 0.697 bits per heavy atom. The second kappa shape index (κ2) is 23.7. The van der Waals surface area contributed by atoms with Crippen LogP contribution in [0.15, 0.2) is 24.3 Å². The highest BCUT2D eigenvalue weighted by Gasteiger charge is 2.05. The van der Waals surface area contributed by atoms with Gasteiger partial charge in [0.1, 0.15) is 5.78 Å². The Morgan fingerprint density at radius 3 is 1.67 bits per heavy atom. The van der Waals surface area contributed by atoms with Crippen molar-refractivity contribution in [1.82, 2.24) is 0 Å². The van der Waals surface area contributed by atoms with Crippen molar-refractivity contribution >= 4 is 11.8 Å². The van der Waals surface area contributed by atoms with Crippen LogP contribution in [0, 0.1) is 11.8 Å². The minimum absolute atomic E-state index is 0.0660. The summed E-state index contributed by atoms with van der Waals surface area (Å²) in [7, 11) is 0. The van der Waals surface area contributed by atoms with Gasteiger partial charge in [0.05, 0.1) is 6.61 Å². The monoisotopic (exact) mass is 464 g/mol. The number of esters is 1. The van der Waals surface area contributed by atoms with Crippen LogP contribution in [0.1, 0.15) is 124 Å². The van der Waals surface area contributed by atoms with E-state index in [1.54, 1.807) is 6.92 Å². The zero-order valence-electron chi connectivity index (χ0n) is 21.9. The van der Waals surface area contributed by atoms with Crippen molar-refractivity contribution in [3.05, 3.63) is 24.3 Å². The number of rotatable bonds is 23. The highest BCUT2D eigenvalue weighted by atomic mass is 16.5. The molecule has 0 amide bonds. The first-order chi connectivity index (χ1) is 16.0. The quantitative estimate of drug-likeness (QED) is 0.0954. The molecule has 0 aliphatic carbocycles. The van der Waals surface area contributed by atoms with E-state index < -0.39 is 0 Å². The molecule has 0 saturated heterocycles. The highest BCUT2D eigenvalue weighted by Crippen LogP contribution is 2.15. The molecule has 0 fully saturated rings. The van der Waals surface area contributed by atoms with Crippen molar-refractivity contribution in [2.75, 3.05) is 13.2 Å². The van der Waals surface area contributed by atoms with E-state index in [2.05, 4.69) is 38.2 Å². The second-order valence-corrected chi connectivity index (χ2v) is 9.73. The Labute approximate surface area is 204 Å². The molecule has 33 heavy (non-hydrogen) atoms. The number of ether oxygens (including phenoxy) is 1. The number of aliphatic hydroxyl groups is 1. The van der Waals surface area contributed by atoms with Crippen molar-refractivity contribution in [2.45, 2.75) is 124 Å². The van der Waals surface area contributed by atoms with Gasteiger partial charge in [0.2, 0.25) is 0 Å². The van der Waals surface area contributed by atoms with Crippen molar-refractivity contribution in [1.29, 1.82) is 0 Å². The van der Waals surface area contributed by atoms with E-state index >= 15 is 0 Å². The minimum Gasteiger partial charge on any atom is -0.466 e. The van der Waals surface area contributed by atoms with Crippen LogP contribution in [-0.2, 0) is 14.3 Å². The highest BCUT2D eigenvalue weighted by molar-refractivity contribution is 5.75. The fourth-order valence-electron chi connectivity index (χ4n) is 3.89. The van der Waals surface area contributed by atoms with E-state index in [0.29, 0.717) is 37.9 Å². The molecule has 0 aromatic carbocycles. The summed E-state index contributed by atoms with van der Waals surface area (Å²) >= 11 is 0. The Hall–Kier alpha value is -1.42. The molecule has 4 heteroatoms. The van der Waals surface area contributed by atoms with E-state index in [4.69, 9.17) is 9.84 Å². The maximum absolute atomic E-state index is 11.9. The van der Waals surface area contributed by atoms with Gasteiger partial charge >= 0.3 is 5.97 Å². The molecule has 0 aromatic rings. The van der Waals surface area contributed by atoms with E-state index in [-0.39, 0.29) is 11.8 Å². The van der Waals surface area contributed by atoms with Crippen LogP contribution in [0.3, 0.4) is 0 Å². The van der Waals surface area contributed by atoms with Crippen LogP contribution in [-0.4, -0.2) is 30.1 Å². The zero-order chi connectivity index (χ0) is 24.6. The van der Waals surface area contributed by atoms with Gasteiger partial charge in [0.15, 0.2) is 0 Å². The SMILES string of the molecule is CC(=O)CCC/C=C/CCCC(C)CCCOC(=O)CCC/C=C/CCCC(C)CCCO. The predicted octanol–water partition coefficient (Wildman–Crippen LogP) is 7.74. The molecule has 1 N–H and O–H groups in total. The lowest BCUT2D eigenvalue weighted by molar-refractivity contribution is -0.143. The number of carbonyl (C=O) groups is 2. The van der Waals surface area contributed by atoms with Gasteiger partial charge < -0.3 is 14.6 Å². The van der Waals surface area contributed by atoms with Crippen LogP contribution in [0.2, 0.25) is 0 Å². The standard InChI is InChI=1S/C29H52O4/c1-26(20-16-24-30)18-12-9-5-7-11-15-23-29(32)33-25-17-21-27(2)19-13-8-4-6-10-14-22-28(3)31/h4-7,26-27,30H,8-25H2,1-3H3/b6-4+,7-5+. The number of allylic oxidation sites excluding steroid dienone is 4. The first-order valence-corrected chi connectivity index (χ1v) is 13.5. The lowest BCUT2D eigenvalue weighted by atomic mass is 9.99. The molecule has 0 spiro atoms. The van der Waals surface area contributed by atoms with Crippen molar-refractivity contribution < 1.29 is 19.4 Å². The molecular weight excluding hydrogens is 412 g/mol. The largest absolute Gasteiger partial charge is 0.466 e. The normalized spacial score (nSPS) is 13.6. The van der Waals surface area contributed by atoms with Crippen LogP contribution in [0.5, 0.6) is 0 Å². The fourth-order valence-corrected chi connectivity index (χ4v) is 3.89. The molecule has 0 radical (unpaired) electrons. The maximum atomic E-state index is 11.9. The number of hydrogen-bond donors (Lipinski definition) is 1. The predicted molar refractivity (Wildman–Crippen MR) is 139 cm³/mol. The summed E-state index contributed by atoms with van der Waals surface area (Å²) in [6, 6.07) is 0. The van der Waals surface area contributed by atoms with Crippen molar-refractivity contribution in [3.63, 3.8) is 0 Å². The van der Waals surface area contributed by atoms with E-state index in [1.807, 2.05) is 0 Å². The zero-order valence-corrected chi connectivity index (χ0v) is 21.9. The summed E-state index contributed by atoms with van der Waals surface area (Å²) < 4.78 is 5.38. The summed E-state index contributed by atoms with van der Waals surface area (Å²) in [6.07, 6.45) is 24.9. The van der Waals surface area contributed by atoms with E-state index in [9.17, 15) is 9.59 Å². The molecule has 0 aliphatic rings. The molecule has 0 aromatic heterocycles. The molecule has 0 saturated carbocycles. The first-order valence-electron chi connectivity index (χ1n) is 13.5. The Balaban J connectivity index is 3.48. The molecule has 2 atom stereocenters. The fraction of sp³-hybridized carbons (Fsp3) is 0.793. The number of hydrogen-bond acceptors (Lipinski definition) is 4. The van der Waals surface area contributed by atoms with Crippen LogP contribution in [0.25, 0.3) is 0 Å². The van der Waals surface area contributed by atoms with Gasteiger partial charge in [-0.1, -0.05) is 51.0 Å². The third-order valence-corrected chi connectivity index (χ3v) is 6.08. The number of aliphatic hydroxyl groups excluding tert-OH is 1. The van der Waals surface area contributed by atoms with Gasteiger partial charge in [0.25, 0.3) is 0 Å². The van der Waals surface area contributed by atoms with Gasteiger partial charge in [-0.3, -0.25) is 4.79 Å². The Morgan fingerprint density at radius 2 is 1.15 bits per heavy atom. The van der Waals surface area contributed by atoms with Gasteiger partial charge in [-0.25, -0.2) is 0 Å². The molecule has 0 aliphatic heterocycles. The number of Topliss-reactive ketones (excluding diaryl/α,β-unsaturated/α-hetero) is 1. The first kappa shape index (κ1) is 31.6. The van der Waals surface area contributed by atoms with Gasteiger partial charge in [-0.2, -0.15) is 0 Å². The molecule has 192 valence electrons. The van der Waals surface area contributed by atoms with Gasteiger partial charge in [-0.15, -0.1) is 0 Å². The third-order valence-electron chi connectivity index (χ3n) is 6.08. The molecular formula is C29H52O4. The summed E-state index contributed by atoms with van der Waals surface area (Å²) in [5, 5.41) is 8.85. The molecule has 0 rings (SSSR count). The van der Waals surface area contributed by atoms with E-state index in [1.165, 1.54) is 25.7 Å². The van der Waals surface area contributed by atoms with Crippen LogP contribution >= 0.6 is 0 Å². The van der Waals surface area contributed by atoms with Gasteiger partial charge in [-0.05, 0) is 95.8 Å². The third kappa shape index (κ3) is 25.0. The molecule has 4 nitrogen and oxygen atoms in total. The summed E-state index contributed by atoms with van der Waals surface area (Å²) in [5.41, 5.74) is 0. The molecule has 2 unspecified atom stereocenters. The van der Waals surface area contributed by atoms with Crippen molar-refractivity contribution in [3.8, 4) is 0 Å². The second-order valence-electron chi connectivity index (χ2n) is 9.73. The Bertz CT molecular complexity index is 524. The lowest BCUT2D eigenvalue weighted by Crippen LogP contribution is -2.06. The number of ketones is 1. The smallest absolute Gasteiger partial charge is 0.305 e. The topological polar surface area (TPSA) is 63.6 Å². The van der Waals surface area contributed by atoms with E-state index in [0.717, 1.165) is 64.2 Å². The molecule has 0 heterocycles. The summed E-state index contributed by atoms with van der Waals surface area (Å²) in [5.74, 6) is 1.57. The lowest BCUT2D eigenvalue weighted by Gasteiger charge is -2.10. The average molecular weight is 465 g/mol. The minimum atomic E-state index is -0.0660. The summed E-state index contributed by atoms with van der Waals surface area (Å²) in [6.45, 7) is 7.03. The maximum Gasteiger partial charge on any atom is 0.305 e. The number of unbranched alkanes of at least 4 members (excludes halogenated alkanes) is 4. The van der Waals surface area contributed by atoms with Gasteiger partial charge in [0, 0.05) is 19.4 Å². The van der Waals surface area contributed by atoms with Crippen LogP contribution < -0.4 is 0 Å². The van der Waals surface area contributed by atoms with Crippen molar-refractivity contribution in [2.24, 2.45) is 11.8 Å². The number of carbonyl (C=O) groups excluding carboxylic acids is 2. The summed E-state index contributed by atoms with van der Waals surface area (Å²) in [4.78, 5) is 22.7.